The summed E-state index contributed by atoms with van der Waals surface area (Å²) in [6.45, 7) is 1.75. The summed E-state index contributed by atoms with van der Waals surface area (Å²) in [5.74, 6) is -0.721. The zero-order valence-electron chi connectivity index (χ0n) is 14.6. The number of fused-ring (bicyclic) bond motifs is 2. The summed E-state index contributed by atoms with van der Waals surface area (Å²) in [5.41, 5.74) is 3.29. The number of ether oxygens (including phenoxy) is 1. The normalized spacial score (nSPS) is 16.3. The van der Waals surface area contributed by atoms with Crippen molar-refractivity contribution >= 4 is 28.5 Å². The summed E-state index contributed by atoms with van der Waals surface area (Å²) >= 11 is 0. The molecule has 132 valence electrons. The van der Waals surface area contributed by atoms with Crippen molar-refractivity contribution in [3.05, 3.63) is 65.9 Å². The first-order valence-electron chi connectivity index (χ1n) is 8.78. The van der Waals surface area contributed by atoms with E-state index in [-0.39, 0.29) is 18.6 Å². The average molecular weight is 348 g/mol. The van der Waals surface area contributed by atoms with Gasteiger partial charge in [0, 0.05) is 22.6 Å². The zero-order valence-corrected chi connectivity index (χ0v) is 14.6. The summed E-state index contributed by atoms with van der Waals surface area (Å²) < 4.78 is 5.27. The standard InChI is InChI=1S/C21H20N2O3/c1-14-10-11-15-6-3-5-9-19(15)23(14)20(24)13-26-21(25)18-12-16-7-2-4-8-17(16)22-18/h2-9,12,14,22H,10-11,13H2,1H3/t14-/m0/s1. The van der Waals surface area contributed by atoms with E-state index >= 15 is 0 Å². The quantitative estimate of drug-likeness (QED) is 0.734. The van der Waals surface area contributed by atoms with Crippen LogP contribution in [0.1, 0.15) is 29.4 Å². The fourth-order valence-corrected chi connectivity index (χ4v) is 3.53. The number of carbonyl (C=O) groups excluding carboxylic acids is 2. The predicted molar refractivity (Wildman–Crippen MR) is 100 cm³/mol. The first kappa shape index (κ1) is 16.4. The molecule has 0 bridgehead atoms. The van der Waals surface area contributed by atoms with Gasteiger partial charge in [-0.1, -0.05) is 36.4 Å². The van der Waals surface area contributed by atoms with Gasteiger partial charge in [0.1, 0.15) is 5.69 Å². The molecule has 5 heteroatoms. The molecule has 0 radical (unpaired) electrons. The molecule has 0 aliphatic carbocycles. The van der Waals surface area contributed by atoms with E-state index in [4.69, 9.17) is 4.74 Å². The topological polar surface area (TPSA) is 62.4 Å². The van der Waals surface area contributed by atoms with Gasteiger partial charge in [-0.15, -0.1) is 0 Å². The molecule has 0 saturated carbocycles. The SMILES string of the molecule is C[C@H]1CCc2ccccc2N1C(=O)COC(=O)c1cc2ccccc2[nH]1. The van der Waals surface area contributed by atoms with Crippen molar-refractivity contribution in [2.75, 3.05) is 11.5 Å². The molecular weight excluding hydrogens is 328 g/mol. The van der Waals surface area contributed by atoms with Gasteiger partial charge >= 0.3 is 5.97 Å². The number of anilines is 1. The number of amides is 1. The van der Waals surface area contributed by atoms with Crippen LogP contribution >= 0.6 is 0 Å². The first-order valence-corrected chi connectivity index (χ1v) is 8.78. The highest BCUT2D eigenvalue weighted by Crippen LogP contribution is 2.30. The lowest BCUT2D eigenvalue weighted by Gasteiger charge is -2.35. The van der Waals surface area contributed by atoms with E-state index in [2.05, 4.69) is 4.98 Å². The van der Waals surface area contributed by atoms with Crippen LogP contribution in [0.5, 0.6) is 0 Å². The molecule has 0 unspecified atom stereocenters. The van der Waals surface area contributed by atoms with E-state index in [1.165, 1.54) is 0 Å². The Balaban J connectivity index is 1.47. The van der Waals surface area contributed by atoms with Crippen LogP contribution in [-0.4, -0.2) is 29.5 Å². The van der Waals surface area contributed by atoms with E-state index in [1.807, 2.05) is 55.5 Å². The number of carbonyl (C=O) groups is 2. The fraction of sp³-hybridized carbons (Fsp3) is 0.238. The monoisotopic (exact) mass is 348 g/mol. The molecule has 26 heavy (non-hydrogen) atoms. The number of nitrogens with zero attached hydrogens (tertiary/aromatic N) is 1. The molecule has 1 aliphatic heterocycles. The lowest BCUT2D eigenvalue weighted by atomic mass is 9.96. The Morgan fingerprint density at radius 1 is 1.15 bits per heavy atom. The Hall–Kier alpha value is -3.08. The smallest absolute Gasteiger partial charge is 0.355 e. The van der Waals surface area contributed by atoms with Gasteiger partial charge < -0.3 is 14.6 Å². The third kappa shape index (κ3) is 2.96. The Morgan fingerprint density at radius 2 is 1.92 bits per heavy atom. The molecule has 4 rings (SSSR count). The van der Waals surface area contributed by atoms with E-state index in [0.29, 0.717) is 5.69 Å². The van der Waals surface area contributed by atoms with Crippen molar-refractivity contribution < 1.29 is 14.3 Å². The van der Waals surface area contributed by atoms with Gasteiger partial charge in [-0.05, 0) is 43.5 Å². The summed E-state index contributed by atoms with van der Waals surface area (Å²) in [6, 6.07) is 17.3. The minimum atomic E-state index is -0.521. The van der Waals surface area contributed by atoms with Crippen molar-refractivity contribution in [3.63, 3.8) is 0 Å². The van der Waals surface area contributed by atoms with E-state index in [1.54, 1.807) is 11.0 Å². The number of aromatic amines is 1. The number of esters is 1. The zero-order chi connectivity index (χ0) is 18.1. The average Bonchev–Trinajstić information content (AvgIpc) is 3.10. The molecule has 1 atom stereocenters. The highest BCUT2D eigenvalue weighted by molar-refractivity contribution is 5.99. The third-order valence-corrected chi connectivity index (χ3v) is 4.87. The maximum absolute atomic E-state index is 12.7. The maximum Gasteiger partial charge on any atom is 0.355 e. The van der Waals surface area contributed by atoms with Crippen molar-refractivity contribution in [1.29, 1.82) is 0 Å². The third-order valence-electron chi connectivity index (χ3n) is 4.87. The molecule has 0 saturated heterocycles. The molecule has 0 spiro atoms. The summed E-state index contributed by atoms with van der Waals surface area (Å²) in [7, 11) is 0. The molecule has 1 aliphatic rings. The minimum absolute atomic E-state index is 0.0872. The second-order valence-electron chi connectivity index (χ2n) is 6.63. The van der Waals surface area contributed by atoms with Crippen LogP contribution in [0.15, 0.2) is 54.6 Å². The Morgan fingerprint density at radius 3 is 2.77 bits per heavy atom. The second kappa shape index (κ2) is 6.67. The van der Waals surface area contributed by atoms with Crippen molar-refractivity contribution in [2.45, 2.75) is 25.8 Å². The Kier molecular flexibility index (Phi) is 4.21. The van der Waals surface area contributed by atoms with Gasteiger partial charge in [0.15, 0.2) is 6.61 Å². The molecule has 1 amide bonds. The van der Waals surface area contributed by atoms with Crippen molar-refractivity contribution in [3.8, 4) is 0 Å². The van der Waals surface area contributed by atoms with Crippen LogP contribution in [0, 0.1) is 0 Å². The molecule has 1 N–H and O–H groups in total. The highest BCUT2D eigenvalue weighted by Gasteiger charge is 2.28. The molecular formula is C21H20N2O3. The van der Waals surface area contributed by atoms with E-state index < -0.39 is 5.97 Å². The number of H-pyrrole nitrogens is 1. The van der Waals surface area contributed by atoms with E-state index in [0.717, 1.165) is 35.0 Å². The number of rotatable bonds is 3. The number of nitrogens with one attached hydrogen (secondary N) is 1. The molecule has 2 heterocycles. The molecule has 5 nitrogen and oxygen atoms in total. The van der Waals surface area contributed by atoms with Gasteiger partial charge in [0.05, 0.1) is 0 Å². The van der Waals surface area contributed by atoms with Crippen LogP contribution in [0.4, 0.5) is 5.69 Å². The molecule has 0 fully saturated rings. The Labute approximate surface area is 151 Å². The van der Waals surface area contributed by atoms with Gasteiger partial charge in [-0.3, -0.25) is 4.79 Å². The number of aromatic nitrogens is 1. The summed E-state index contributed by atoms with van der Waals surface area (Å²) in [5, 5.41) is 0.935. The fourth-order valence-electron chi connectivity index (χ4n) is 3.53. The van der Waals surface area contributed by atoms with Gasteiger partial charge in [-0.25, -0.2) is 4.79 Å². The number of benzene rings is 2. The predicted octanol–water partition coefficient (Wildman–Crippen LogP) is 3.69. The van der Waals surface area contributed by atoms with Gasteiger partial charge in [0.25, 0.3) is 5.91 Å². The van der Waals surface area contributed by atoms with Gasteiger partial charge in [0.2, 0.25) is 0 Å². The van der Waals surface area contributed by atoms with Crippen molar-refractivity contribution in [2.24, 2.45) is 0 Å². The first-order chi connectivity index (χ1) is 12.6. The lowest BCUT2D eigenvalue weighted by Crippen LogP contribution is -2.44. The summed E-state index contributed by atoms with van der Waals surface area (Å²) in [6.07, 6.45) is 1.86. The summed E-state index contributed by atoms with van der Waals surface area (Å²) in [4.78, 5) is 29.8. The molecule has 2 aromatic carbocycles. The minimum Gasteiger partial charge on any atom is -0.451 e. The second-order valence-corrected chi connectivity index (χ2v) is 6.63. The lowest BCUT2D eigenvalue weighted by molar-refractivity contribution is -0.122. The number of para-hydroxylation sites is 2. The van der Waals surface area contributed by atoms with Crippen LogP contribution in [0.2, 0.25) is 0 Å². The number of hydrogen-bond donors (Lipinski definition) is 1. The number of hydrogen-bond acceptors (Lipinski definition) is 3. The van der Waals surface area contributed by atoms with Gasteiger partial charge in [-0.2, -0.15) is 0 Å². The van der Waals surface area contributed by atoms with Crippen LogP contribution in [0.25, 0.3) is 10.9 Å². The highest BCUT2D eigenvalue weighted by atomic mass is 16.5. The largest absolute Gasteiger partial charge is 0.451 e. The van der Waals surface area contributed by atoms with Crippen LogP contribution in [0.3, 0.4) is 0 Å². The van der Waals surface area contributed by atoms with Crippen LogP contribution < -0.4 is 4.90 Å². The van der Waals surface area contributed by atoms with E-state index in [9.17, 15) is 9.59 Å². The Bertz CT molecular complexity index is 943. The van der Waals surface area contributed by atoms with Crippen molar-refractivity contribution in [1.82, 2.24) is 4.98 Å². The molecule has 3 aromatic rings. The maximum atomic E-state index is 12.7. The molecule has 1 aromatic heterocycles. The number of aryl methyl sites for hydroxylation is 1. The van der Waals surface area contributed by atoms with Crippen LogP contribution in [-0.2, 0) is 16.0 Å².